The summed E-state index contributed by atoms with van der Waals surface area (Å²) in [4.78, 5) is 30.5. The van der Waals surface area contributed by atoms with Crippen LogP contribution in [0, 0.1) is 0 Å². The van der Waals surface area contributed by atoms with Crippen molar-refractivity contribution in [3.63, 3.8) is 0 Å². The highest BCUT2D eigenvalue weighted by Gasteiger charge is 2.44. The Kier molecular flexibility index (Phi) is 6.95. The van der Waals surface area contributed by atoms with Crippen LogP contribution in [0.3, 0.4) is 0 Å². The molecule has 178 valence electrons. The van der Waals surface area contributed by atoms with Gasteiger partial charge in [0, 0.05) is 23.5 Å². The predicted molar refractivity (Wildman–Crippen MR) is 130 cm³/mol. The number of carbonyl (C=O) groups excluding carboxylic acids is 2. The summed E-state index contributed by atoms with van der Waals surface area (Å²) < 4.78 is 11.0. The quantitative estimate of drug-likeness (QED) is 0.431. The van der Waals surface area contributed by atoms with Crippen molar-refractivity contribution in [2.75, 3.05) is 33.3 Å². The largest absolute Gasteiger partial charge is 0.503 e. The number of amides is 1. The van der Waals surface area contributed by atoms with Gasteiger partial charge in [0.1, 0.15) is 11.3 Å². The van der Waals surface area contributed by atoms with Crippen LogP contribution in [0.25, 0.3) is 11.0 Å². The van der Waals surface area contributed by atoms with Crippen molar-refractivity contribution < 1.29 is 23.8 Å². The molecular formula is C26H27ClN2O5. The molecule has 8 heteroatoms. The maximum atomic E-state index is 13.6. The third-order valence-electron chi connectivity index (χ3n) is 6.23. The topological polar surface area (TPSA) is 83.2 Å². The van der Waals surface area contributed by atoms with Crippen LogP contribution in [0.5, 0.6) is 5.75 Å². The molecule has 1 amide bonds. The monoisotopic (exact) mass is 482 g/mol. The summed E-state index contributed by atoms with van der Waals surface area (Å²) in [6.07, 6.45) is 0. The zero-order valence-corrected chi connectivity index (χ0v) is 20.1. The van der Waals surface area contributed by atoms with Gasteiger partial charge in [-0.05, 0) is 55.1 Å². The van der Waals surface area contributed by atoms with E-state index in [1.54, 1.807) is 60.5 Å². The van der Waals surface area contributed by atoms with Crippen LogP contribution in [0.4, 0.5) is 0 Å². The highest BCUT2D eigenvalue weighted by Crippen LogP contribution is 2.40. The van der Waals surface area contributed by atoms with Gasteiger partial charge in [-0.15, -0.1) is 0 Å². The fourth-order valence-electron chi connectivity index (χ4n) is 4.30. The maximum absolute atomic E-state index is 13.6. The molecular weight excluding hydrogens is 456 g/mol. The van der Waals surface area contributed by atoms with E-state index in [2.05, 4.69) is 18.7 Å². The van der Waals surface area contributed by atoms with Gasteiger partial charge in [-0.1, -0.05) is 37.6 Å². The van der Waals surface area contributed by atoms with Gasteiger partial charge in [-0.2, -0.15) is 0 Å². The second-order valence-electron chi connectivity index (χ2n) is 8.09. The minimum Gasteiger partial charge on any atom is -0.503 e. The summed E-state index contributed by atoms with van der Waals surface area (Å²) in [6, 6.07) is 13.0. The molecule has 2 heterocycles. The molecule has 0 fully saturated rings. The first-order chi connectivity index (χ1) is 16.4. The van der Waals surface area contributed by atoms with Crippen LogP contribution in [-0.4, -0.2) is 59.9 Å². The van der Waals surface area contributed by atoms with E-state index < -0.39 is 23.5 Å². The number of nitrogens with zero attached hydrogens (tertiary/aromatic N) is 2. The van der Waals surface area contributed by atoms with Crippen molar-refractivity contribution in [2.45, 2.75) is 19.9 Å². The summed E-state index contributed by atoms with van der Waals surface area (Å²) in [5.74, 6) is -0.975. The third kappa shape index (κ3) is 4.41. The minimum absolute atomic E-state index is 0.000123. The van der Waals surface area contributed by atoms with Gasteiger partial charge in [0.25, 0.3) is 5.91 Å². The van der Waals surface area contributed by atoms with E-state index in [9.17, 15) is 14.7 Å². The molecule has 0 saturated carbocycles. The molecule has 1 unspecified atom stereocenters. The number of ketones is 1. The number of likely N-dealkylation sites (N-methyl/N-ethyl adjacent to an activating group) is 1. The molecule has 0 aliphatic carbocycles. The Bertz CT molecular complexity index is 1240. The SMILES string of the molecule is CCN(CC)CCN1C(=O)C(O)=C(C(=O)c2cc3cc(Cl)ccc3o2)C1c1ccc(OC)cc1. The zero-order valence-electron chi connectivity index (χ0n) is 19.4. The van der Waals surface area contributed by atoms with E-state index in [1.165, 1.54) is 0 Å². The number of carbonyl (C=O) groups is 2. The Morgan fingerprint density at radius 2 is 1.85 bits per heavy atom. The van der Waals surface area contributed by atoms with Crippen LogP contribution in [-0.2, 0) is 4.79 Å². The van der Waals surface area contributed by atoms with Gasteiger partial charge in [0.2, 0.25) is 5.78 Å². The molecule has 0 bridgehead atoms. The lowest BCUT2D eigenvalue weighted by Gasteiger charge is -2.29. The van der Waals surface area contributed by atoms with Crippen LogP contribution >= 0.6 is 11.6 Å². The molecule has 0 spiro atoms. The third-order valence-corrected chi connectivity index (χ3v) is 6.47. The first kappa shape index (κ1) is 23.9. The number of furan rings is 1. The number of aliphatic hydroxyl groups excluding tert-OH is 1. The Balaban J connectivity index is 1.75. The standard InChI is InChI=1S/C26H27ClN2O5/c1-4-28(5-2)12-13-29-23(16-6-9-19(33-3)10-7-16)22(25(31)26(29)32)24(30)21-15-17-14-18(27)8-11-20(17)34-21/h6-11,14-15,23,31H,4-5,12-13H2,1-3H3. The van der Waals surface area contributed by atoms with Crippen molar-refractivity contribution >= 4 is 34.3 Å². The molecule has 0 radical (unpaired) electrons. The number of fused-ring (bicyclic) bond motifs is 1. The average molecular weight is 483 g/mol. The number of benzene rings is 2. The second-order valence-corrected chi connectivity index (χ2v) is 8.52. The fourth-order valence-corrected chi connectivity index (χ4v) is 4.48. The van der Waals surface area contributed by atoms with Gasteiger partial charge in [-0.25, -0.2) is 0 Å². The fraction of sp³-hybridized carbons (Fsp3) is 0.308. The summed E-state index contributed by atoms with van der Waals surface area (Å²) in [7, 11) is 1.57. The summed E-state index contributed by atoms with van der Waals surface area (Å²) in [5, 5.41) is 12.0. The Labute approximate surface area is 203 Å². The van der Waals surface area contributed by atoms with Crippen molar-refractivity contribution in [1.82, 2.24) is 9.80 Å². The minimum atomic E-state index is -0.752. The van der Waals surface area contributed by atoms with Crippen LogP contribution < -0.4 is 4.74 Å². The van der Waals surface area contributed by atoms with Gasteiger partial charge >= 0.3 is 0 Å². The van der Waals surface area contributed by atoms with Crippen molar-refractivity contribution in [1.29, 1.82) is 0 Å². The van der Waals surface area contributed by atoms with Gasteiger partial charge in [-0.3, -0.25) is 9.59 Å². The highest BCUT2D eigenvalue weighted by atomic mass is 35.5. The van der Waals surface area contributed by atoms with E-state index in [0.717, 1.165) is 13.1 Å². The van der Waals surface area contributed by atoms with Crippen LogP contribution in [0.2, 0.25) is 5.02 Å². The normalized spacial score (nSPS) is 16.2. The summed E-state index contributed by atoms with van der Waals surface area (Å²) in [6.45, 7) is 6.73. The van der Waals surface area contributed by atoms with Gasteiger partial charge < -0.3 is 24.1 Å². The molecule has 2 aromatic carbocycles. The molecule has 34 heavy (non-hydrogen) atoms. The number of rotatable bonds is 9. The maximum Gasteiger partial charge on any atom is 0.290 e. The summed E-state index contributed by atoms with van der Waals surface area (Å²) in [5.41, 5.74) is 1.19. The van der Waals surface area contributed by atoms with E-state index in [0.29, 0.717) is 40.4 Å². The molecule has 7 nitrogen and oxygen atoms in total. The second kappa shape index (κ2) is 9.91. The number of hydrogen-bond acceptors (Lipinski definition) is 6. The average Bonchev–Trinajstić information content (AvgIpc) is 3.38. The van der Waals surface area contributed by atoms with Crippen molar-refractivity contribution in [3.05, 3.63) is 76.2 Å². The van der Waals surface area contributed by atoms with E-state index >= 15 is 0 Å². The van der Waals surface area contributed by atoms with Crippen molar-refractivity contribution in [2.24, 2.45) is 0 Å². The lowest BCUT2D eigenvalue weighted by molar-refractivity contribution is -0.129. The molecule has 0 saturated heterocycles. The van der Waals surface area contributed by atoms with Crippen LogP contribution in [0.15, 0.2) is 64.3 Å². The van der Waals surface area contributed by atoms with E-state index in [4.69, 9.17) is 20.8 Å². The molecule has 1 aliphatic heterocycles. The number of ether oxygens (including phenoxy) is 1. The molecule has 1 aliphatic rings. The smallest absolute Gasteiger partial charge is 0.290 e. The molecule has 4 rings (SSSR count). The number of halogens is 1. The predicted octanol–water partition coefficient (Wildman–Crippen LogP) is 5.01. The number of Topliss-reactive ketones (excluding diaryl/α,β-unsaturated/α-hetero) is 1. The van der Waals surface area contributed by atoms with E-state index in [1.807, 2.05) is 0 Å². The molecule has 1 N–H and O–H groups in total. The number of hydrogen-bond donors (Lipinski definition) is 1. The molecule has 3 aromatic rings. The lowest BCUT2D eigenvalue weighted by atomic mass is 9.95. The number of aliphatic hydroxyl groups is 1. The van der Waals surface area contributed by atoms with Gasteiger partial charge in [0.05, 0.1) is 18.7 Å². The Hall–Kier alpha value is -3.29. The lowest BCUT2D eigenvalue weighted by Crippen LogP contribution is -2.38. The first-order valence-electron chi connectivity index (χ1n) is 11.2. The Morgan fingerprint density at radius 3 is 2.50 bits per heavy atom. The van der Waals surface area contributed by atoms with Crippen LogP contribution in [0.1, 0.15) is 36.0 Å². The summed E-state index contributed by atoms with van der Waals surface area (Å²) >= 11 is 6.07. The molecule has 1 aromatic heterocycles. The Morgan fingerprint density at radius 1 is 1.15 bits per heavy atom. The highest BCUT2D eigenvalue weighted by molar-refractivity contribution is 6.31. The van der Waals surface area contributed by atoms with Crippen molar-refractivity contribution in [3.8, 4) is 5.75 Å². The zero-order chi connectivity index (χ0) is 24.4. The first-order valence-corrected chi connectivity index (χ1v) is 11.6. The molecule has 1 atom stereocenters. The van der Waals surface area contributed by atoms with Gasteiger partial charge in [0.15, 0.2) is 11.5 Å². The number of methoxy groups -OCH3 is 1. The van der Waals surface area contributed by atoms with E-state index in [-0.39, 0.29) is 11.3 Å².